The Labute approximate surface area is 421 Å². The van der Waals surface area contributed by atoms with Crippen molar-refractivity contribution in [2.24, 2.45) is 0 Å². The van der Waals surface area contributed by atoms with Gasteiger partial charge in [0.1, 0.15) is 11.5 Å². The van der Waals surface area contributed by atoms with Crippen molar-refractivity contribution in [3.8, 4) is 11.5 Å². The first-order valence-electron chi connectivity index (χ1n) is 25.5. The van der Waals surface area contributed by atoms with Crippen molar-refractivity contribution in [3.63, 3.8) is 0 Å². The first kappa shape index (κ1) is 44.5. The summed E-state index contributed by atoms with van der Waals surface area (Å²) in [7, 11) is -3.26. The van der Waals surface area contributed by atoms with Crippen LogP contribution in [0.25, 0.3) is 21.5 Å². The van der Waals surface area contributed by atoms with Crippen molar-refractivity contribution < 1.29 is 4.74 Å². The quantitative estimate of drug-likeness (QED) is 0.134. The lowest BCUT2D eigenvalue weighted by Gasteiger charge is -2.46. The van der Waals surface area contributed by atoms with Gasteiger partial charge in [0.2, 0.25) is 0 Å². The van der Waals surface area contributed by atoms with Crippen LogP contribution in [0.3, 0.4) is 0 Å². The van der Waals surface area contributed by atoms with E-state index in [4.69, 9.17) is 4.74 Å². The summed E-state index contributed by atoms with van der Waals surface area (Å²) >= 11 is 0. The van der Waals surface area contributed by atoms with E-state index < -0.39 is 8.07 Å². The molecule has 344 valence electrons. The summed E-state index contributed by atoms with van der Waals surface area (Å²) in [5.41, 5.74) is 19.2. The second-order valence-electron chi connectivity index (χ2n) is 20.5. The van der Waals surface area contributed by atoms with Gasteiger partial charge in [0.25, 0.3) is 6.71 Å². The average molecular weight is 932 g/mol. The van der Waals surface area contributed by atoms with Crippen molar-refractivity contribution in [3.05, 3.63) is 263 Å². The maximum atomic E-state index is 7.14. The summed E-state index contributed by atoms with van der Waals surface area (Å²) in [5.74, 6) is 2.97. The van der Waals surface area contributed by atoms with E-state index in [0.29, 0.717) is 17.8 Å². The van der Waals surface area contributed by atoms with Crippen LogP contribution in [0.5, 0.6) is 11.5 Å². The fraction of sp³-hybridized carbons (Fsp3) is 0.134. The molecule has 9 aromatic carbocycles. The van der Waals surface area contributed by atoms with Gasteiger partial charge in [-0.15, -0.1) is 0 Å². The van der Waals surface area contributed by atoms with Crippen LogP contribution < -0.4 is 36.4 Å². The van der Waals surface area contributed by atoms with Crippen molar-refractivity contribution in [1.29, 1.82) is 0 Å². The first-order valence-corrected chi connectivity index (χ1v) is 27.5. The van der Waals surface area contributed by atoms with E-state index in [-0.39, 0.29) is 6.71 Å². The van der Waals surface area contributed by atoms with Gasteiger partial charge < -0.3 is 9.64 Å². The van der Waals surface area contributed by atoms with E-state index in [1.807, 2.05) is 0 Å². The molecule has 3 aliphatic rings. The van der Waals surface area contributed by atoms with E-state index in [0.717, 1.165) is 17.2 Å². The van der Waals surface area contributed by atoms with Crippen molar-refractivity contribution in [1.82, 2.24) is 0 Å². The smallest absolute Gasteiger partial charge is 0.251 e. The predicted octanol–water partition coefficient (Wildman–Crippen LogP) is 14.3. The Kier molecular flexibility index (Phi) is 11.3. The third kappa shape index (κ3) is 7.14. The van der Waals surface area contributed by atoms with Crippen LogP contribution >= 0.6 is 0 Å². The number of allylic oxidation sites excluding steroid dienone is 2. The Bertz CT molecular complexity index is 3360. The summed E-state index contributed by atoms with van der Waals surface area (Å²) in [6, 6.07) is 84.3. The van der Waals surface area contributed by atoms with Crippen LogP contribution in [-0.2, 0) is 0 Å². The number of fused-ring (bicyclic) bond motifs is 6. The highest BCUT2D eigenvalue weighted by Gasteiger charge is 2.57. The van der Waals surface area contributed by atoms with E-state index in [2.05, 4.69) is 271 Å². The lowest BCUT2D eigenvalue weighted by atomic mass is 9.34. The molecule has 0 atom stereocenters. The first-order chi connectivity index (χ1) is 34.8. The minimum Gasteiger partial charge on any atom is -0.458 e. The zero-order chi connectivity index (χ0) is 48.4. The van der Waals surface area contributed by atoms with Gasteiger partial charge in [-0.3, -0.25) is 0 Å². The molecule has 0 saturated heterocycles. The zero-order valence-electron chi connectivity index (χ0n) is 41.5. The highest BCUT2D eigenvalue weighted by Crippen LogP contribution is 2.58. The maximum absolute atomic E-state index is 7.14. The number of rotatable bonds is 9. The van der Waals surface area contributed by atoms with Crippen LogP contribution in [0.15, 0.2) is 224 Å². The standard InChI is InChI=1S/C67H58BNOSi/c1-44(2)51-41-53(45(3)4)65(54(42-51)46(5)6)68-55-33-19-22-36-59(55)70-60-43-52(39-40-56(60)68)69-57-34-20-23-37-61(57)71(62-38-24-21-35-58(62)69)66(49-29-15-9-16-30-49)63(47-25-11-7-12-26-47)64(48-27-13-8-14-28-48)67(71)50-31-17-10-18-32-50/h7-46H,1-6H3. The molecule has 0 radical (unpaired) electrons. The summed E-state index contributed by atoms with van der Waals surface area (Å²) in [6.45, 7) is 14.1. The molecule has 9 aromatic rings. The molecule has 0 amide bonds. The number of ether oxygens (including phenoxy) is 1. The van der Waals surface area contributed by atoms with Crippen molar-refractivity contribution >= 4 is 80.1 Å². The monoisotopic (exact) mass is 931 g/mol. The lowest BCUT2D eigenvalue weighted by molar-refractivity contribution is 0.487. The van der Waals surface area contributed by atoms with Crippen molar-refractivity contribution in [2.45, 2.75) is 59.3 Å². The van der Waals surface area contributed by atoms with Gasteiger partial charge in [-0.05, 0) is 124 Å². The van der Waals surface area contributed by atoms with E-state index in [9.17, 15) is 0 Å². The highest BCUT2D eigenvalue weighted by atomic mass is 28.3. The Morgan fingerprint density at radius 2 is 0.817 bits per heavy atom. The van der Waals surface area contributed by atoms with E-state index >= 15 is 0 Å². The Balaban J connectivity index is 1.15. The molecule has 12 rings (SSSR count). The fourth-order valence-electron chi connectivity index (χ4n) is 12.3. The minimum absolute atomic E-state index is 0.0139. The molecule has 0 unspecified atom stereocenters. The Hall–Kier alpha value is -7.66. The normalized spacial score (nSPS) is 14.5. The second kappa shape index (κ2) is 17.9. The molecule has 0 aliphatic carbocycles. The molecule has 71 heavy (non-hydrogen) atoms. The molecule has 2 nitrogen and oxygen atoms in total. The van der Waals surface area contributed by atoms with Crippen LogP contribution in [-0.4, -0.2) is 14.8 Å². The topological polar surface area (TPSA) is 12.5 Å². The van der Waals surface area contributed by atoms with E-state index in [1.165, 1.54) is 98.6 Å². The van der Waals surface area contributed by atoms with Crippen molar-refractivity contribution in [2.75, 3.05) is 4.90 Å². The summed E-state index contributed by atoms with van der Waals surface area (Å²) in [4.78, 5) is 2.53. The second-order valence-corrected chi connectivity index (χ2v) is 24.0. The molecular weight excluding hydrogens is 874 g/mol. The third-order valence-electron chi connectivity index (χ3n) is 15.3. The molecule has 1 spiro atoms. The molecule has 0 aromatic heterocycles. The average Bonchev–Trinajstić information content (AvgIpc) is 3.73. The molecule has 3 aliphatic heterocycles. The number of nitrogens with zero attached hydrogens (tertiary/aromatic N) is 1. The largest absolute Gasteiger partial charge is 0.458 e. The van der Waals surface area contributed by atoms with Gasteiger partial charge in [0.15, 0.2) is 8.07 Å². The molecule has 0 fully saturated rings. The maximum Gasteiger partial charge on any atom is 0.251 e. The highest BCUT2D eigenvalue weighted by molar-refractivity contribution is 7.30. The number of benzene rings is 9. The van der Waals surface area contributed by atoms with Crippen LogP contribution in [0.1, 0.15) is 98.2 Å². The molecular formula is C67H58BNOSi. The summed E-state index contributed by atoms with van der Waals surface area (Å²) < 4.78 is 7.14. The Morgan fingerprint density at radius 3 is 1.30 bits per heavy atom. The minimum atomic E-state index is -3.26. The van der Waals surface area contributed by atoms with Gasteiger partial charge in [-0.2, -0.15) is 0 Å². The zero-order valence-corrected chi connectivity index (χ0v) is 42.5. The number of hydrogen-bond donors (Lipinski definition) is 0. The number of hydrogen-bond acceptors (Lipinski definition) is 2. The Morgan fingerprint density at radius 1 is 0.394 bits per heavy atom. The number of para-hydroxylation sites is 3. The predicted molar refractivity (Wildman–Crippen MR) is 305 cm³/mol. The SMILES string of the molecule is CC(C)c1cc(C(C)C)c(B2c3ccccc3Oc3cc(N4c5ccccc5[Si]5(C(c6ccccc6)=C(c6ccccc6)C(c6ccccc6)=C5c5ccccc5)c5ccccc54)ccc32)c(C(C)C)c1. The van der Waals surface area contributed by atoms with Gasteiger partial charge in [0, 0.05) is 23.1 Å². The van der Waals surface area contributed by atoms with Gasteiger partial charge in [0.05, 0.1) is 0 Å². The van der Waals surface area contributed by atoms with Gasteiger partial charge in [-0.25, -0.2) is 0 Å². The van der Waals surface area contributed by atoms with Crippen LogP contribution in [0, 0.1) is 0 Å². The van der Waals surface area contributed by atoms with Crippen LogP contribution in [0.4, 0.5) is 17.1 Å². The van der Waals surface area contributed by atoms with E-state index in [1.54, 1.807) is 0 Å². The molecule has 0 bridgehead atoms. The molecule has 4 heteroatoms. The van der Waals surface area contributed by atoms with Gasteiger partial charge >= 0.3 is 0 Å². The third-order valence-corrected chi connectivity index (χ3v) is 20.4. The number of anilines is 3. The summed E-state index contributed by atoms with van der Waals surface area (Å²) in [6.07, 6.45) is 0. The molecule has 0 N–H and O–H groups in total. The van der Waals surface area contributed by atoms with Crippen LogP contribution in [0.2, 0.25) is 0 Å². The fourth-order valence-corrected chi connectivity index (χ4v) is 18.2. The summed E-state index contributed by atoms with van der Waals surface area (Å²) in [5, 5.41) is 5.57. The molecule has 3 heterocycles. The van der Waals surface area contributed by atoms with Gasteiger partial charge in [-0.1, -0.05) is 241 Å². The molecule has 0 saturated carbocycles. The lowest BCUT2D eigenvalue weighted by Crippen LogP contribution is -2.64.